The summed E-state index contributed by atoms with van der Waals surface area (Å²) in [4.78, 5) is 34.5. The minimum absolute atomic E-state index is 0.185. The van der Waals surface area contributed by atoms with Gasteiger partial charge in [0.05, 0.1) is 31.6 Å². The number of rotatable bonds is 23. The highest BCUT2D eigenvalue weighted by Crippen LogP contribution is 2.13. The number of allylic oxidation sites excluding steroid dienone is 1. The predicted molar refractivity (Wildman–Crippen MR) is 137 cm³/mol. The van der Waals surface area contributed by atoms with E-state index < -0.39 is 29.7 Å². The summed E-state index contributed by atoms with van der Waals surface area (Å²) in [5.41, 5.74) is -1.01. The first-order valence-electron chi connectivity index (χ1n) is 13.3. The van der Waals surface area contributed by atoms with Gasteiger partial charge >= 0.3 is 11.9 Å². The quantitative estimate of drug-likeness (QED) is 0.0826. The molecule has 0 aromatic rings. The molecule has 0 aliphatic heterocycles. The number of aliphatic hydroxyl groups excluding tert-OH is 2. The zero-order chi connectivity index (χ0) is 26.4. The summed E-state index contributed by atoms with van der Waals surface area (Å²) in [6.07, 6.45) is 17.5. The molecule has 0 rings (SSSR count). The molecule has 0 aromatic heterocycles. The Morgan fingerprint density at radius 3 is 2.00 bits per heavy atom. The highest BCUT2D eigenvalue weighted by molar-refractivity contribution is 5.77. The molecule has 0 unspecified atom stereocenters. The van der Waals surface area contributed by atoms with Crippen molar-refractivity contribution in [3.8, 4) is 0 Å². The lowest BCUT2D eigenvalue weighted by atomic mass is 10.0. The molecule has 2 atom stereocenters. The van der Waals surface area contributed by atoms with E-state index in [2.05, 4.69) is 12.2 Å². The minimum Gasteiger partial charge on any atom is -0.463 e. The fourth-order valence-electron chi connectivity index (χ4n) is 3.48. The SMILES string of the molecule is CCCCCCCCCCCCC/C=C/[C@@H](O)[C@H](COC(=O)CCC(=O)OC(C)(C)CO)NC=O. The maximum Gasteiger partial charge on any atom is 0.306 e. The summed E-state index contributed by atoms with van der Waals surface area (Å²) in [5, 5.41) is 21.9. The molecule has 0 radical (unpaired) electrons. The summed E-state index contributed by atoms with van der Waals surface area (Å²) in [5.74, 6) is -1.26. The molecule has 0 saturated heterocycles. The molecule has 0 fully saturated rings. The molecule has 8 nitrogen and oxygen atoms in total. The molecule has 0 heterocycles. The summed E-state index contributed by atoms with van der Waals surface area (Å²) in [6.45, 7) is 4.82. The van der Waals surface area contributed by atoms with Crippen LogP contribution in [0.15, 0.2) is 12.2 Å². The molecular formula is C27H49NO7. The highest BCUT2D eigenvalue weighted by atomic mass is 16.6. The predicted octanol–water partition coefficient (Wildman–Crippen LogP) is 4.36. The van der Waals surface area contributed by atoms with Crippen LogP contribution in [0, 0.1) is 0 Å². The minimum atomic E-state index is -1.01. The lowest BCUT2D eigenvalue weighted by Crippen LogP contribution is -2.42. The normalized spacial score (nSPS) is 13.4. The Bertz CT molecular complexity index is 592. The van der Waals surface area contributed by atoms with E-state index in [1.807, 2.05) is 6.08 Å². The first-order valence-corrected chi connectivity index (χ1v) is 13.3. The van der Waals surface area contributed by atoms with Crippen LogP contribution in [-0.4, -0.2) is 59.5 Å². The summed E-state index contributed by atoms with van der Waals surface area (Å²) in [6, 6.07) is -0.773. The number of aliphatic hydroxyl groups is 2. The van der Waals surface area contributed by atoms with E-state index in [0.717, 1.165) is 19.3 Å². The van der Waals surface area contributed by atoms with E-state index in [1.165, 1.54) is 57.8 Å². The Balaban J connectivity index is 4.02. The van der Waals surface area contributed by atoms with E-state index in [4.69, 9.17) is 14.6 Å². The fourth-order valence-corrected chi connectivity index (χ4v) is 3.48. The molecule has 1 amide bonds. The van der Waals surface area contributed by atoms with Crippen molar-refractivity contribution in [2.45, 2.75) is 128 Å². The van der Waals surface area contributed by atoms with Gasteiger partial charge in [0.2, 0.25) is 6.41 Å². The molecule has 204 valence electrons. The van der Waals surface area contributed by atoms with Crippen molar-refractivity contribution >= 4 is 18.3 Å². The number of carbonyl (C=O) groups is 3. The second kappa shape index (κ2) is 21.4. The van der Waals surface area contributed by atoms with Gasteiger partial charge in [-0.1, -0.05) is 83.3 Å². The maximum atomic E-state index is 11.9. The van der Waals surface area contributed by atoms with Crippen LogP contribution in [0.5, 0.6) is 0 Å². The summed E-state index contributed by atoms with van der Waals surface area (Å²) in [7, 11) is 0. The Hall–Kier alpha value is -1.93. The van der Waals surface area contributed by atoms with E-state index in [1.54, 1.807) is 19.9 Å². The van der Waals surface area contributed by atoms with Gasteiger partial charge in [-0.2, -0.15) is 0 Å². The van der Waals surface area contributed by atoms with Crippen LogP contribution in [0.4, 0.5) is 0 Å². The van der Waals surface area contributed by atoms with Gasteiger partial charge in [0.15, 0.2) is 0 Å². The third kappa shape index (κ3) is 20.0. The van der Waals surface area contributed by atoms with Gasteiger partial charge in [0.25, 0.3) is 0 Å². The van der Waals surface area contributed by atoms with Crippen molar-refractivity contribution in [2.24, 2.45) is 0 Å². The molecule has 8 heteroatoms. The lowest BCUT2D eigenvalue weighted by molar-refractivity contribution is -0.162. The second-order valence-electron chi connectivity index (χ2n) is 9.71. The van der Waals surface area contributed by atoms with Gasteiger partial charge in [0.1, 0.15) is 12.2 Å². The van der Waals surface area contributed by atoms with Crippen LogP contribution in [-0.2, 0) is 23.9 Å². The Morgan fingerprint density at radius 2 is 1.46 bits per heavy atom. The Labute approximate surface area is 211 Å². The van der Waals surface area contributed by atoms with Crippen molar-refractivity contribution in [2.75, 3.05) is 13.2 Å². The molecule has 0 aliphatic carbocycles. The van der Waals surface area contributed by atoms with Crippen LogP contribution in [0.3, 0.4) is 0 Å². The van der Waals surface area contributed by atoms with Crippen LogP contribution >= 0.6 is 0 Å². The van der Waals surface area contributed by atoms with Crippen molar-refractivity contribution < 1.29 is 34.1 Å². The average molecular weight is 500 g/mol. The topological polar surface area (TPSA) is 122 Å². The zero-order valence-electron chi connectivity index (χ0n) is 22.1. The third-order valence-electron chi connectivity index (χ3n) is 5.73. The molecule has 3 N–H and O–H groups in total. The monoisotopic (exact) mass is 499 g/mol. The fraction of sp³-hybridized carbons (Fsp3) is 0.815. The lowest BCUT2D eigenvalue weighted by Gasteiger charge is -2.22. The average Bonchev–Trinajstić information content (AvgIpc) is 2.82. The first kappa shape index (κ1) is 33.1. The molecule has 0 aliphatic rings. The van der Waals surface area contributed by atoms with E-state index in [-0.39, 0.29) is 26.1 Å². The molecular weight excluding hydrogens is 450 g/mol. The highest BCUT2D eigenvalue weighted by Gasteiger charge is 2.23. The molecule has 0 bridgehead atoms. The first-order chi connectivity index (χ1) is 16.8. The second-order valence-corrected chi connectivity index (χ2v) is 9.71. The van der Waals surface area contributed by atoms with Gasteiger partial charge in [-0.15, -0.1) is 0 Å². The molecule has 0 saturated carbocycles. The number of unbranched alkanes of at least 4 members (excludes halogenated alkanes) is 11. The van der Waals surface area contributed by atoms with Gasteiger partial charge in [-0.05, 0) is 26.7 Å². The van der Waals surface area contributed by atoms with Crippen LogP contribution < -0.4 is 5.32 Å². The van der Waals surface area contributed by atoms with Crippen molar-refractivity contribution in [3.63, 3.8) is 0 Å². The molecule has 0 spiro atoms. The van der Waals surface area contributed by atoms with E-state index >= 15 is 0 Å². The summed E-state index contributed by atoms with van der Waals surface area (Å²) >= 11 is 0. The van der Waals surface area contributed by atoms with Crippen molar-refractivity contribution in [1.82, 2.24) is 5.32 Å². The number of ether oxygens (including phenoxy) is 2. The third-order valence-corrected chi connectivity index (χ3v) is 5.73. The van der Waals surface area contributed by atoms with E-state index in [0.29, 0.717) is 6.41 Å². The van der Waals surface area contributed by atoms with Crippen LogP contribution in [0.25, 0.3) is 0 Å². The molecule has 0 aromatic carbocycles. The number of carbonyl (C=O) groups excluding carboxylic acids is 3. The van der Waals surface area contributed by atoms with Crippen molar-refractivity contribution in [3.05, 3.63) is 12.2 Å². The number of hydrogen-bond donors (Lipinski definition) is 3. The van der Waals surface area contributed by atoms with Crippen LogP contribution in [0.2, 0.25) is 0 Å². The maximum absolute atomic E-state index is 11.9. The van der Waals surface area contributed by atoms with Crippen LogP contribution in [0.1, 0.15) is 111 Å². The standard InChI is InChI=1S/C27H49NO7/c1-4-5-6-7-8-9-10-11-12-13-14-15-16-17-24(31)23(28-22-30)20-34-25(32)18-19-26(33)35-27(2,3)21-29/h16-17,22-24,29,31H,4-15,18-21H2,1-3H3,(H,28,30)/b17-16+/t23-,24+/m0/s1. The number of amides is 1. The van der Waals surface area contributed by atoms with E-state index in [9.17, 15) is 19.5 Å². The number of hydrogen-bond acceptors (Lipinski definition) is 7. The Morgan fingerprint density at radius 1 is 0.914 bits per heavy atom. The smallest absolute Gasteiger partial charge is 0.306 e. The largest absolute Gasteiger partial charge is 0.463 e. The van der Waals surface area contributed by atoms with Gasteiger partial charge in [0, 0.05) is 0 Å². The number of esters is 2. The van der Waals surface area contributed by atoms with Gasteiger partial charge < -0.3 is 25.0 Å². The zero-order valence-corrected chi connectivity index (χ0v) is 22.1. The van der Waals surface area contributed by atoms with Gasteiger partial charge in [-0.3, -0.25) is 14.4 Å². The summed E-state index contributed by atoms with van der Waals surface area (Å²) < 4.78 is 10.1. The number of nitrogens with one attached hydrogen (secondary N) is 1. The Kier molecular flexibility index (Phi) is 20.2. The van der Waals surface area contributed by atoms with Crippen molar-refractivity contribution in [1.29, 1.82) is 0 Å². The molecule has 35 heavy (non-hydrogen) atoms. The van der Waals surface area contributed by atoms with Gasteiger partial charge in [-0.25, -0.2) is 0 Å².